The number of hydrogen-bond donors (Lipinski definition) is 0. The van der Waals surface area contributed by atoms with E-state index in [1.165, 1.54) is 97.0 Å². The molecule has 0 aromatic rings. The third-order valence-electron chi connectivity index (χ3n) is 6.81. The van der Waals surface area contributed by atoms with Gasteiger partial charge >= 0.3 is 11.9 Å². The van der Waals surface area contributed by atoms with Gasteiger partial charge in [0.05, 0.1) is 25.6 Å². The Bertz CT molecular complexity index is 449. The van der Waals surface area contributed by atoms with Gasteiger partial charge in [-0.15, -0.1) is 0 Å². The standard InChI is InChI=1S/C27H50O4/c1-3-4-5-6-7-8-9-10-11-12-13-14-15-16-17-20-23-31-27(29)25-22-19-18-21-24(25)26(28)30-2/h24-25H,3-23H2,1-2H3. The zero-order valence-corrected chi connectivity index (χ0v) is 20.6. The van der Waals surface area contributed by atoms with Crippen molar-refractivity contribution in [2.75, 3.05) is 13.7 Å². The van der Waals surface area contributed by atoms with Crippen molar-refractivity contribution in [2.24, 2.45) is 11.8 Å². The molecule has 0 N–H and O–H groups in total. The SMILES string of the molecule is CCCCCCCCCCCCCCCCCCOC(=O)C1CCCCC1C(=O)OC. The molecule has 1 saturated carbocycles. The van der Waals surface area contributed by atoms with E-state index in [2.05, 4.69) is 6.92 Å². The minimum atomic E-state index is -0.308. The van der Waals surface area contributed by atoms with E-state index in [1.54, 1.807) is 0 Å². The van der Waals surface area contributed by atoms with Gasteiger partial charge in [-0.3, -0.25) is 9.59 Å². The molecule has 0 heterocycles. The first kappa shape index (κ1) is 28.0. The Kier molecular flexibility index (Phi) is 17.7. The highest BCUT2D eigenvalue weighted by molar-refractivity contribution is 5.82. The molecule has 0 spiro atoms. The first-order valence-electron chi connectivity index (χ1n) is 13.4. The van der Waals surface area contributed by atoms with E-state index < -0.39 is 0 Å². The number of ether oxygens (including phenoxy) is 2. The molecule has 1 rings (SSSR count). The summed E-state index contributed by atoms with van der Waals surface area (Å²) in [5.74, 6) is -1.07. The average Bonchev–Trinajstić information content (AvgIpc) is 2.80. The van der Waals surface area contributed by atoms with Crippen LogP contribution in [-0.2, 0) is 19.1 Å². The summed E-state index contributed by atoms with van der Waals surface area (Å²) in [6.45, 7) is 2.76. The molecule has 31 heavy (non-hydrogen) atoms. The highest BCUT2D eigenvalue weighted by Crippen LogP contribution is 2.32. The number of unbranched alkanes of at least 4 members (excludes halogenated alkanes) is 15. The molecule has 182 valence electrons. The van der Waals surface area contributed by atoms with Gasteiger partial charge in [-0.1, -0.05) is 116 Å². The topological polar surface area (TPSA) is 52.6 Å². The van der Waals surface area contributed by atoms with Crippen molar-refractivity contribution >= 4 is 11.9 Å². The molecule has 0 saturated heterocycles. The largest absolute Gasteiger partial charge is 0.469 e. The van der Waals surface area contributed by atoms with Gasteiger partial charge in [-0.05, 0) is 19.3 Å². The van der Waals surface area contributed by atoms with Crippen molar-refractivity contribution < 1.29 is 19.1 Å². The monoisotopic (exact) mass is 438 g/mol. The predicted molar refractivity (Wildman–Crippen MR) is 128 cm³/mol. The molecular formula is C27H50O4. The summed E-state index contributed by atoms with van der Waals surface area (Å²) in [5.41, 5.74) is 0. The van der Waals surface area contributed by atoms with Gasteiger partial charge in [-0.25, -0.2) is 0 Å². The van der Waals surface area contributed by atoms with Crippen LogP contribution in [-0.4, -0.2) is 25.7 Å². The molecule has 0 radical (unpaired) electrons. The quantitative estimate of drug-likeness (QED) is 0.153. The molecule has 0 aliphatic heterocycles. The Morgan fingerprint density at radius 2 is 1.00 bits per heavy atom. The summed E-state index contributed by atoms with van der Waals surface area (Å²) in [6.07, 6.45) is 24.8. The lowest BCUT2D eigenvalue weighted by molar-refractivity contribution is -0.161. The lowest BCUT2D eigenvalue weighted by Crippen LogP contribution is -2.34. The maximum atomic E-state index is 12.4. The molecule has 4 heteroatoms. The van der Waals surface area contributed by atoms with Crippen LogP contribution in [0.4, 0.5) is 0 Å². The minimum Gasteiger partial charge on any atom is -0.469 e. The van der Waals surface area contributed by atoms with Gasteiger partial charge in [-0.2, -0.15) is 0 Å². The van der Waals surface area contributed by atoms with Crippen LogP contribution in [0.1, 0.15) is 135 Å². The fourth-order valence-electron chi connectivity index (χ4n) is 4.78. The molecule has 2 unspecified atom stereocenters. The Morgan fingerprint density at radius 1 is 0.613 bits per heavy atom. The lowest BCUT2D eigenvalue weighted by Gasteiger charge is -2.27. The number of hydrogen-bond acceptors (Lipinski definition) is 4. The second kappa shape index (κ2) is 19.6. The van der Waals surface area contributed by atoms with E-state index >= 15 is 0 Å². The lowest BCUT2D eigenvalue weighted by atomic mass is 9.79. The normalized spacial score (nSPS) is 18.6. The second-order valence-electron chi connectivity index (χ2n) is 9.49. The van der Waals surface area contributed by atoms with E-state index in [9.17, 15) is 9.59 Å². The van der Waals surface area contributed by atoms with Crippen LogP contribution in [0.25, 0.3) is 0 Å². The number of methoxy groups -OCH3 is 1. The summed E-state index contributed by atoms with van der Waals surface area (Å²) in [7, 11) is 1.40. The zero-order valence-electron chi connectivity index (χ0n) is 20.6. The molecule has 0 bridgehead atoms. The highest BCUT2D eigenvalue weighted by Gasteiger charge is 2.37. The van der Waals surface area contributed by atoms with Gasteiger partial charge < -0.3 is 9.47 Å². The Labute approximate surface area is 192 Å². The molecule has 2 atom stereocenters. The number of carbonyl (C=O) groups is 2. The number of esters is 2. The first-order chi connectivity index (χ1) is 15.2. The van der Waals surface area contributed by atoms with Crippen LogP contribution in [0.2, 0.25) is 0 Å². The Morgan fingerprint density at radius 3 is 1.42 bits per heavy atom. The van der Waals surface area contributed by atoms with Crippen molar-refractivity contribution in [3.05, 3.63) is 0 Å². The van der Waals surface area contributed by atoms with Crippen LogP contribution < -0.4 is 0 Å². The van der Waals surface area contributed by atoms with Gasteiger partial charge in [0, 0.05) is 0 Å². The Balaban J connectivity index is 1.88. The Hall–Kier alpha value is -1.06. The molecular weight excluding hydrogens is 388 g/mol. The van der Waals surface area contributed by atoms with Crippen LogP contribution in [0.15, 0.2) is 0 Å². The maximum Gasteiger partial charge on any atom is 0.309 e. The van der Waals surface area contributed by atoms with Gasteiger partial charge in [0.1, 0.15) is 0 Å². The van der Waals surface area contributed by atoms with Crippen molar-refractivity contribution in [3.8, 4) is 0 Å². The third kappa shape index (κ3) is 13.9. The minimum absolute atomic E-state index is 0.198. The predicted octanol–water partition coefficient (Wildman–Crippen LogP) is 7.77. The second-order valence-corrected chi connectivity index (χ2v) is 9.49. The molecule has 1 aliphatic carbocycles. The van der Waals surface area contributed by atoms with Crippen LogP contribution >= 0.6 is 0 Å². The molecule has 1 aliphatic rings. The maximum absolute atomic E-state index is 12.4. The molecule has 1 fully saturated rings. The highest BCUT2D eigenvalue weighted by atomic mass is 16.5. The fraction of sp³-hybridized carbons (Fsp3) is 0.926. The van der Waals surface area contributed by atoms with E-state index in [1.807, 2.05) is 0 Å². The smallest absolute Gasteiger partial charge is 0.309 e. The van der Waals surface area contributed by atoms with Gasteiger partial charge in [0.15, 0.2) is 0 Å². The third-order valence-corrected chi connectivity index (χ3v) is 6.81. The average molecular weight is 439 g/mol. The van der Waals surface area contributed by atoms with Crippen molar-refractivity contribution in [1.29, 1.82) is 0 Å². The number of carbonyl (C=O) groups excluding carboxylic acids is 2. The van der Waals surface area contributed by atoms with Crippen molar-refractivity contribution in [1.82, 2.24) is 0 Å². The summed E-state index contributed by atoms with van der Waals surface area (Å²) in [5, 5.41) is 0. The summed E-state index contributed by atoms with van der Waals surface area (Å²) in [4.78, 5) is 24.2. The van der Waals surface area contributed by atoms with E-state index in [-0.39, 0.29) is 23.8 Å². The van der Waals surface area contributed by atoms with E-state index in [0.29, 0.717) is 6.61 Å². The first-order valence-corrected chi connectivity index (χ1v) is 13.4. The van der Waals surface area contributed by atoms with Crippen molar-refractivity contribution in [2.45, 2.75) is 135 Å². The van der Waals surface area contributed by atoms with Crippen LogP contribution in [0, 0.1) is 11.8 Å². The zero-order chi connectivity index (χ0) is 22.6. The van der Waals surface area contributed by atoms with E-state index in [0.717, 1.165) is 38.5 Å². The molecule has 0 amide bonds. The van der Waals surface area contributed by atoms with Gasteiger partial charge in [0.2, 0.25) is 0 Å². The summed E-state index contributed by atoms with van der Waals surface area (Å²) in [6, 6.07) is 0. The molecule has 0 aromatic carbocycles. The van der Waals surface area contributed by atoms with Crippen LogP contribution in [0.3, 0.4) is 0 Å². The van der Waals surface area contributed by atoms with Gasteiger partial charge in [0.25, 0.3) is 0 Å². The van der Waals surface area contributed by atoms with Crippen LogP contribution in [0.5, 0.6) is 0 Å². The summed E-state index contributed by atoms with van der Waals surface area (Å²) < 4.78 is 10.3. The summed E-state index contributed by atoms with van der Waals surface area (Å²) >= 11 is 0. The molecule has 0 aromatic heterocycles. The van der Waals surface area contributed by atoms with E-state index in [4.69, 9.17) is 9.47 Å². The number of rotatable bonds is 19. The van der Waals surface area contributed by atoms with Crippen molar-refractivity contribution in [3.63, 3.8) is 0 Å². The fourth-order valence-corrected chi connectivity index (χ4v) is 4.78. The molecule has 4 nitrogen and oxygen atoms in total.